The van der Waals surface area contributed by atoms with Crippen molar-refractivity contribution in [1.29, 1.82) is 0 Å². The first-order chi connectivity index (χ1) is 7.61. The minimum atomic E-state index is -0.158. The monoisotopic (exact) mass is 224 g/mol. The summed E-state index contributed by atoms with van der Waals surface area (Å²) in [4.78, 5) is 1.93. The molecule has 0 radical (unpaired) electrons. The highest BCUT2D eigenvalue weighted by atomic mass is 19.1. The molecule has 1 rings (SSSR count). The molecule has 0 aliphatic carbocycles. The van der Waals surface area contributed by atoms with E-state index in [1.165, 1.54) is 6.07 Å². The molecule has 0 bridgehead atoms. The summed E-state index contributed by atoms with van der Waals surface area (Å²) in [5, 5.41) is 3.34. The van der Waals surface area contributed by atoms with Crippen LogP contribution < -0.4 is 10.2 Å². The predicted octanol–water partition coefficient (Wildman–Crippen LogP) is 2.51. The van der Waals surface area contributed by atoms with Crippen LogP contribution in [-0.4, -0.2) is 26.7 Å². The van der Waals surface area contributed by atoms with Gasteiger partial charge >= 0.3 is 0 Å². The van der Waals surface area contributed by atoms with Crippen LogP contribution in [0.4, 0.5) is 10.1 Å². The summed E-state index contributed by atoms with van der Waals surface area (Å²) < 4.78 is 13.4. The number of anilines is 1. The average Bonchev–Trinajstić information content (AvgIpc) is 2.24. The molecule has 0 spiro atoms. The number of nitrogens with one attached hydrogen (secondary N) is 1. The zero-order valence-corrected chi connectivity index (χ0v) is 10.3. The highest BCUT2D eigenvalue weighted by molar-refractivity contribution is 5.46. The summed E-state index contributed by atoms with van der Waals surface area (Å²) in [6.45, 7) is 7.04. The Balaban J connectivity index is 2.35. The SMILES string of the molecule is CC(C)CNCCN(C)c1ccccc1F. The molecule has 1 aromatic carbocycles. The van der Waals surface area contributed by atoms with Crippen LogP contribution in [-0.2, 0) is 0 Å². The van der Waals surface area contributed by atoms with E-state index in [0.717, 1.165) is 19.6 Å². The van der Waals surface area contributed by atoms with E-state index in [4.69, 9.17) is 0 Å². The lowest BCUT2D eigenvalue weighted by molar-refractivity contribution is 0.552. The molecular formula is C13H21FN2. The van der Waals surface area contributed by atoms with Crippen molar-refractivity contribution in [1.82, 2.24) is 5.32 Å². The van der Waals surface area contributed by atoms with E-state index >= 15 is 0 Å². The fourth-order valence-electron chi connectivity index (χ4n) is 1.52. The second-order valence-corrected chi connectivity index (χ2v) is 4.47. The molecule has 0 saturated heterocycles. The Hall–Kier alpha value is -1.09. The van der Waals surface area contributed by atoms with Gasteiger partial charge in [0.25, 0.3) is 0 Å². The van der Waals surface area contributed by atoms with Crippen molar-refractivity contribution >= 4 is 5.69 Å². The van der Waals surface area contributed by atoms with E-state index in [1.54, 1.807) is 12.1 Å². The van der Waals surface area contributed by atoms with E-state index in [-0.39, 0.29) is 5.82 Å². The van der Waals surface area contributed by atoms with Crippen LogP contribution in [0.3, 0.4) is 0 Å². The highest BCUT2D eigenvalue weighted by Crippen LogP contribution is 2.16. The zero-order chi connectivity index (χ0) is 12.0. The molecule has 0 atom stereocenters. The van der Waals surface area contributed by atoms with Gasteiger partial charge in [0, 0.05) is 20.1 Å². The second kappa shape index (κ2) is 6.48. The van der Waals surface area contributed by atoms with Gasteiger partial charge in [-0.3, -0.25) is 0 Å². The van der Waals surface area contributed by atoms with Crippen molar-refractivity contribution in [3.63, 3.8) is 0 Å². The molecule has 3 heteroatoms. The summed E-state index contributed by atoms with van der Waals surface area (Å²) in [6, 6.07) is 6.87. The first-order valence-electron chi connectivity index (χ1n) is 5.77. The van der Waals surface area contributed by atoms with Crippen molar-refractivity contribution in [3.05, 3.63) is 30.1 Å². The molecule has 0 amide bonds. The smallest absolute Gasteiger partial charge is 0.146 e. The molecule has 0 saturated carbocycles. The van der Waals surface area contributed by atoms with Crippen LogP contribution in [0, 0.1) is 11.7 Å². The third kappa shape index (κ3) is 4.19. The number of hydrogen-bond acceptors (Lipinski definition) is 2. The summed E-state index contributed by atoms with van der Waals surface area (Å²) >= 11 is 0. The van der Waals surface area contributed by atoms with Crippen LogP contribution in [0.1, 0.15) is 13.8 Å². The molecule has 0 heterocycles. The van der Waals surface area contributed by atoms with E-state index in [0.29, 0.717) is 11.6 Å². The number of hydrogen-bond donors (Lipinski definition) is 1. The first kappa shape index (κ1) is 13.0. The topological polar surface area (TPSA) is 15.3 Å². The second-order valence-electron chi connectivity index (χ2n) is 4.47. The van der Waals surface area contributed by atoms with E-state index in [9.17, 15) is 4.39 Å². The molecule has 16 heavy (non-hydrogen) atoms. The average molecular weight is 224 g/mol. The first-order valence-corrected chi connectivity index (χ1v) is 5.77. The van der Waals surface area contributed by atoms with Crippen LogP contribution >= 0.6 is 0 Å². The van der Waals surface area contributed by atoms with Gasteiger partial charge in [0.05, 0.1) is 5.69 Å². The van der Waals surface area contributed by atoms with E-state index in [2.05, 4.69) is 19.2 Å². The Morgan fingerprint density at radius 3 is 2.62 bits per heavy atom. The maximum absolute atomic E-state index is 13.4. The molecule has 0 unspecified atom stereocenters. The Bertz CT molecular complexity index is 313. The lowest BCUT2D eigenvalue weighted by Crippen LogP contribution is -2.31. The van der Waals surface area contributed by atoms with Crippen LogP contribution in [0.15, 0.2) is 24.3 Å². The summed E-state index contributed by atoms with van der Waals surface area (Å²) in [6.07, 6.45) is 0. The number of benzene rings is 1. The Kier molecular flexibility index (Phi) is 5.26. The molecule has 2 nitrogen and oxygen atoms in total. The fraction of sp³-hybridized carbons (Fsp3) is 0.538. The minimum absolute atomic E-state index is 0.158. The standard InChI is InChI=1S/C13H21FN2/c1-11(2)10-15-8-9-16(3)13-7-5-4-6-12(13)14/h4-7,11,15H,8-10H2,1-3H3. The number of nitrogens with zero attached hydrogens (tertiary/aromatic N) is 1. The summed E-state index contributed by atoms with van der Waals surface area (Å²) in [5.74, 6) is 0.493. The van der Waals surface area contributed by atoms with Crippen LogP contribution in [0.25, 0.3) is 0 Å². The number of likely N-dealkylation sites (N-methyl/N-ethyl adjacent to an activating group) is 1. The van der Waals surface area contributed by atoms with Gasteiger partial charge in [-0.25, -0.2) is 4.39 Å². The van der Waals surface area contributed by atoms with Gasteiger partial charge in [0.1, 0.15) is 5.82 Å². The third-order valence-electron chi connectivity index (χ3n) is 2.44. The lowest BCUT2D eigenvalue weighted by Gasteiger charge is -2.20. The third-order valence-corrected chi connectivity index (χ3v) is 2.44. The van der Waals surface area contributed by atoms with Crippen molar-refractivity contribution in [2.45, 2.75) is 13.8 Å². The number of para-hydroxylation sites is 1. The van der Waals surface area contributed by atoms with Gasteiger partial charge in [0.15, 0.2) is 0 Å². The normalized spacial score (nSPS) is 10.8. The van der Waals surface area contributed by atoms with Crippen molar-refractivity contribution in [2.24, 2.45) is 5.92 Å². The molecular weight excluding hydrogens is 203 g/mol. The molecule has 0 fully saturated rings. The van der Waals surface area contributed by atoms with Gasteiger partial charge in [0.2, 0.25) is 0 Å². The van der Waals surface area contributed by atoms with Gasteiger partial charge in [-0.05, 0) is 24.6 Å². The molecule has 0 aromatic heterocycles. The van der Waals surface area contributed by atoms with Gasteiger partial charge in [-0.1, -0.05) is 26.0 Å². The number of rotatable bonds is 6. The lowest BCUT2D eigenvalue weighted by atomic mass is 10.2. The largest absolute Gasteiger partial charge is 0.371 e. The predicted molar refractivity (Wildman–Crippen MR) is 67.4 cm³/mol. The molecule has 1 aromatic rings. The van der Waals surface area contributed by atoms with Crippen molar-refractivity contribution in [3.8, 4) is 0 Å². The quantitative estimate of drug-likeness (QED) is 0.747. The van der Waals surface area contributed by atoms with Crippen molar-refractivity contribution < 1.29 is 4.39 Å². The minimum Gasteiger partial charge on any atom is -0.371 e. The Morgan fingerprint density at radius 2 is 2.00 bits per heavy atom. The molecule has 0 aliphatic heterocycles. The van der Waals surface area contributed by atoms with Crippen molar-refractivity contribution in [2.75, 3.05) is 31.6 Å². The highest BCUT2D eigenvalue weighted by Gasteiger charge is 2.05. The summed E-state index contributed by atoms with van der Waals surface area (Å²) in [5.41, 5.74) is 0.661. The van der Waals surface area contributed by atoms with Gasteiger partial charge < -0.3 is 10.2 Å². The maximum Gasteiger partial charge on any atom is 0.146 e. The summed E-state index contributed by atoms with van der Waals surface area (Å²) in [7, 11) is 1.91. The fourth-order valence-corrected chi connectivity index (χ4v) is 1.52. The van der Waals surface area contributed by atoms with E-state index in [1.807, 2.05) is 18.0 Å². The van der Waals surface area contributed by atoms with E-state index < -0.39 is 0 Å². The molecule has 0 aliphatic rings. The molecule has 90 valence electrons. The van der Waals surface area contributed by atoms with Gasteiger partial charge in [-0.2, -0.15) is 0 Å². The Labute approximate surface area is 97.5 Å². The molecule has 1 N–H and O–H groups in total. The Morgan fingerprint density at radius 1 is 1.31 bits per heavy atom. The van der Waals surface area contributed by atoms with Crippen LogP contribution in [0.2, 0.25) is 0 Å². The zero-order valence-electron chi connectivity index (χ0n) is 10.3. The maximum atomic E-state index is 13.4. The van der Waals surface area contributed by atoms with Crippen LogP contribution in [0.5, 0.6) is 0 Å². The van der Waals surface area contributed by atoms with Gasteiger partial charge in [-0.15, -0.1) is 0 Å². The number of halogens is 1.